The summed E-state index contributed by atoms with van der Waals surface area (Å²) >= 11 is 0. The van der Waals surface area contributed by atoms with Crippen LogP contribution in [0.1, 0.15) is 43.5 Å². The van der Waals surface area contributed by atoms with Crippen molar-refractivity contribution in [3.63, 3.8) is 0 Å². The molecule has 0 bridgehead atoms. The number of carboxylic acid groups (broad SMARTS) is 1. The topological polar surface area (TPSA) is 83.8 Å². The molecule has 0 amide bonds. The van der Waals surface area contributed by atoms with Crippen LogP contribution < -0.4 is 4.74 Å². The summed E-state index contributed by atoms with van der Waals surface area (Å²) in [6.45, 7) is 4.20. The molecule has 0 radical (unpaired) electrons. The summed E-state index contributed by atoms with van der Waals surface area (Å²) in [6.07, 6.45) is 2.85. The number of phenols is 1. The number of carbonyl (C=O) groups is 2. The predicted octanol–water partition coefficient (Wildman–Crippen LogP) is 3.11. The molecule has 0 spiro atoms. The molecule has 112 valence electrons. The number of hydrogen-bond acceptors (Lipinski definition) is 4. The number of aldehydes is 1. The summed E-state index contributed by atoms with van der Waals surface area (Å²) in [4.78, 5) is 20.2. The summed E-state index contributed by atoms with van der Waals surface area (Å²) in [7, 11) is 1.43. The van der Waals surface area contributed by atoms with Crippen molar-refractivity contribution in [1.82, 2.24) is 0 Å². The Morgan fingerprint density at radius 3 is 2.50 bits per heavy atom. The van der Waals surface area contributed by atoms with Gasteiger partial charge in [-0.25, -0.2) is 0 Å². The highest BCUT2D eigenvalue weighted by molar-refractivity contribution is 5.76. The largest absolute Gasteiger partial charge is 0.504 e. The molecule has 0 saturated carbocycles. The van der Waals surface area contributed by atoms with Crippen molar-refractivity contribution < 1.29 is 24.5 Å². The summed E-state index contributed by atoms with van der Waals surface area (Å²) in [6, 6.07) is 4.41. The lowest BCUT2D eigenvalue weighted by atomic mass is 10.1. The van der Waals surface area contributed by atoms with E-state index in [1.54, 1.807) is 0 Å². The van der Waals surface area contributed by atoms with E-state index in [9.17, 15) is 9.59 Å². The van der Waals surface area contributed by atoms with Crippen LogP contribution in [0.2, 0.25) is 0 Å². The molecule has 0 aliphatic heterocycles. The standard InChI is InChI=1S/C8H8O3.C7H14O2/c1-11-8-4-6(5-9)2-3-7(8)10;1-6(2)4-3-5-7(8)9/h2-5,10H,1H3;6H,3-5H2,1-2H3,(H,8,9). The first kappa shape index (κ1) is 18.0. The smallest absolute Gasteiger partial charge is 0.303 e. The number of rotatable bonds is 6. The number of phenolic OH excluding ortho intramolecular Hbond substituents is 1. The second kappa shape index (κ2) is 9.83. The molecule has 0 aromatic heterocycles. The van der Waals surface area contributed by atoms with Crippen molar-refractivity contribution >= 4 is 12.3 Å². The van der Waals surface area contributed by atoms with Crippen molar-refractivity contribution in [2.45, 2.75) is 33.1 Å². The average Bonchev–Trinajstić information content (AvgIpc) is 2.39. The van der Waals surface area contributed by atoms with Crippen LogP contribution in [0.25, 0.3) is 0 Å². The molecule has 5 heteroatoms. The summed E-state index contributed by atoms with van der Waals surface area (Å²) in [5.41, 5.74) is 0.486. The van der Waals surface area contributed by atoms with Crippen LogP contribution in [0.3, 0.4) is 0 Å². The quantitative estimate of drug-likeness (QED) is 0.783. The Kier molecular flexibility index (Phi) is 8.83. The number of ether oxygens (including phenoxy) is 1. The van der Waals surface area contributed by atoms with Crippen LogP contribution >= 0.6 is 0 Å². The Hall–Kier alpha value is -2.04. The van der Waals surface area contributed by atoms with Gasteiger partial charge in [-0.3, -0.25) is 9.59 Å². The molecule has 2 N–H and O–H groups in total. The highest BCUT2D eigenvalue weighted by Crippen LogP contribution is 2.25. The SMILES string of the molecule is CC(C)CCCC(=O)O.COc1cc(C=O)ccc1O. The summed E-state index contributed by atoms with van der Waals surface area (Å²) in [5, 5.41) is 17.3. The highest BCUT2D eigenvalue weighted by Gasteiger charge is 2.00. The first-order valence-corrected chi connectivity index (χ1v) is 6.44. The number of hydrogen-bond donors (Lipinski definition) is 2. The molecule has 0 fully saturated rings. The molecular formula is C15H22O5. The Labute approximate surface area is 119 Å². The van der Waals surface area contributed by atoms with Gasteiger partial charge in [-0.2, -0.15) is 0 Å². The minimum Gasteiger partial charge on any atom is -0.504 e. The molecule has 0 atom stereocenters. The second-order valence-corrected chi connectivity index (χ2v) is 4.73. The van der Waals surface area contributed by atoms with Crippen molar-refractivity contribution in [2.24, 2.45) is 5.92 Å². The van der Waals surface area contributed by atoms with E-state index >= 15 is 0 Å². The van der Waals surface area contributed by atoms with Crippen LogP contribution in [-0.2, 0) is 4.79 Å². The number of benzene rings is 1. The number of carboxylic acids is 1. The molecule has 0 aliphatic rings. The molecule has 5 nitrogen and oxygen atoms in total. The van der Waals surface area contributed by atoms with E-state index in [2.05, 4.69) is 13.8 Å². The van der Waals surface area contributed by atoms with Crippen molar-refractivity contribution in [2.75, 3.05) is 7.11 Å². The average molecular weight is 282 g/mol. The van der Waals surface area contributed by atoms with Gasteiger partial charge in [-0.05, 0) is 30.5 Å². The molecule has 1 rings (SSSR count). The summed E-state index contributed by atoms with van der Waals surface area (Å²) in [5.74, 6) is 0.299. The minimum absolute atomic E-state index is 0.0399. The lowest BCUT2D eigenvalue weighted by molar-refractivity contribution is -0.137. The molecule has 0 heterocycles. The Balaban J connectivity index is 0.000000370. The fourth-order valence-corrected chi connectivity index (χ4v) is 1.43. The first-order valence-electron chi connectivity index (χ1n) is 6.44. The van der Waals surface area contributed by atoms with Crippen LogP contribution in [-0.4, -0.2) is 29.6 Å². The van der Waals surface area contributed by atoms with E-state index in [0.29, 0.717) is 29.9 Å². The van der Waals surface area contributed by atoms with Gasteiger partial charge < -0.3 is 14.9 Å². The first-order chi connectivity index (χ1) is 9.40. The predicted molar refractivity (Wildman–Crippen MR) is 76.4 cm³/mol. The zero-order valence-corrected chi connectivity index (χ0v) is 12.1. The van der Waals surface area contributed by atoms with Crippen LogP contribution in [0.15, 0.2) is 18.2 Å². The molecule has 0 saturated heterocycles. The third kappa shape index (κ3) is 8.13. The zero-order valence-electron chi connectivity index (χ0n) is 12.1. The van der Waals surface area contributed by atoms with Gasteiger partial charge in [0.25, 0.3) is 0 Å². The number of carbonyl (C=O) groups excluding carboxylic acids is 1. The van der Waals surface area contributed by atoms with Gasteiger partial charge in [0.05, 0.1) is 7.11 Å². The fraction of sp³-hybridized carbons (Fsp3) is 0.467. The highest BCUT2D eigenvalue weighted by atomic mass is 16.5. The zero-order chi connectivity index (χ0) is 15.5. The van der Waals surface area contributed by atoms with E-state index < -0.39 is 5.97 Å². The number of methoxy groups -OCH3 is 1. The van der Waals surface area contributed by atoms with E-state index in [-0.39, 0.29) is 5.75 Å². The molecule has 0 aliphatic carbocycles. The second-order valence-electron chi connectivity index (χ2n) is 4.73. The third-order valence-corrected chi connectivity index (χ3v) is 2.51. The lowest BCUT2D eigenvalue weighted by Gasteiger charge is -2.01. The maximum atomic E-state index is 10.2. The fourth-order valence-electron chi connectivity index (χ4n) is 1.43. The number of aromatic hydroxyl groups is 1. The van der Waals surface area contributed by atoms with Gasteiger partial charge in [0.2, 0.25) is 0 Å². The Morgan fingerprint density at radius 2 is 2.05 bits per heavy atom. The van der Waals surface area contributed by atoms with Gasteiger partial charge >= 0.3 is 5.97 Å². The maximum Gasteiger partial charge on any atom is 0.303 e. The van der Waals surface area contributed by atoms with E-state index in [1.807, 2.05) is 0 Å². The van der Waals surface area contributed by atoms with Gasteiger partial charge in [0.15, 0.2) is 11.5 Å². The molecular weight excluding hydrogens is 260 g/mol. The monoisotopic (exact) mass is 282 g/mol. The van der Waals surface area contributed by atoms with E-state index in [0.717, 1.165) is 12.8 Å². The van der Waals surface area contributed by atoms with E-state index in [1.165, 1.54) is 25.3 Å². The van der Waals surface area contributed by atoms with E-state index in [4.69, 9.17) is 14.9 Å². The normalized spacial score (nSPS) is 9.60. The Morgan fingerprint density at radius 1 is 1.40 bits per heavy atom. The van der Waals surface area contributed by atoms with Crippen LogP contribution in [0, 0.1) is 5.92 Å². The van der Waals surface area contributed by atoms with Crippen LogP contribution in [0.4, 0.5) is 0 Å². The van der Waals surface area contributed by atoms with Crippen molar-refractivity contribution in [1.29, 1.82) is 0 Å². The van der Waals surface area contributed by atoms with Gasteiger partial charge in [-0.15, -0.1) is 0 Å². The van der Waals surface area contributed by atoms with Gasteiger partial charge in [0.1, 0.15) is 6.29 Å². The third-order valence-electron chi connectivity index (χ3n) is 2.51. The number of aliphatic carboxylic acids is 1. The van der Waals surface area contributed by atoms with Crippen molar-refractivity contribution in [3.8, 4) is 11.5 Å². The summed E-state index contributed by atoms with van der Waals surface area (Å²) < 4.78 is 4.78. The molecule has 20 heavy (non-hydrogen) atoms. The van der Waals surface area contributed by atoms with Gasteiger partial charge in [-0.1, -0.05) is 20.3 Å². The molecule has 1 aromatic carbocycles. The van der Waals surface area contributed by atoms with Crippen molar-refractivity contribution in [3.05, 3.63) is 23.8 Å². The Bertz CT molecular complexity index is 426. The lowest BCUT2D eigenvalue weighted by Crippen LogP contribution is -1.95. The molecule has 0 unspecified atom stereocenters. The maximum absolute atomic E-state index is 10.2. The molecule has 1 aromatic rings. The van der Waals surface area contributed by atoms with Crippen LogP contribution in [0.5, 0.6) is 11.5 Å². The van der Waals surface area contributed by atoms with Gasteiger partial charge in [0, 0.05) is 12.0 Å². The minimum atomic E-state index is -0.685.